The van der Waals surface area contributed by atoms with Gasteiger partial charge in [0.2, 0.25) is 5.78 Å². The first-order valence-electron chi connectivity index (χ1n) is 6.16. The molecule has 3 rings (SSSR count). The average molecular weight is 391 g/mol. The highest BCUT2D eigenvalue weighted by molar-refractivity contribution is 14.1. The van der Waals surface area contributed by atoms with Crippen LogP contribution in [0.2, 0.25) is 0 Å². The van der Waals surface area contributed by atoms with Crippen molar-refractivity contribution in [3.8, 4) is 17.0 Å². The predicted molar refractivity (Wildman–Crippen MR) is 86.1 cm³/mol. The van der Waals surface area contributed by atoms with Crippen LogP contribution in [0.3, 0.4) is 0 Å². The van der Waals surface area contributed by atoms with E-state index in [2.05, 4.69) is 38.0 Å². The zero-order chi connectivity index (χ0) is 14.8. The summed E-state index contributed by atoms with van der Waals surface area (Å²) in [6, 6.07) is 14.0. The summed E-state index contributed by atoms with van der Waals surface area (Å²) in [6.07, 6.45) is 0. The second kappa shape index (κ2) is 5.65. The summed E-state index contributed by atoms with van der Waals surface area (Å²) in [5, 5.41) is 20.3. The number of benzene rings is 2. The number of aromatic amines is 1. The summed E-state index contributed by atoms with van der Waals surface area (Å²) >= 11 is 2.21. The number of phenolic OH excluding ortho intramolecular Hbond substituents is 1. The van der Waals surface area contributed by atoms with E-state index in [4.69, 9.17) is 0 Å². The molecule has 0 radical (unpaired) electrons. The standard InChI is InChI=1S/C15H10IN3O2/c16-10-7-5-9(6-8-10)13-14(18-19-17-13)15(21)11-3-1-2-4-12(11)20/h1-8,20H,(H,17,18,19). The van der Waals surface area contributed by atoms with Gasteiger partial charge in [-0.1, -0.05) is 24.3 Å². The molecule has 0 amide bonds. The molecule has 0 bridgehead atoms. The van der Waals surface area contributed by atoms with Crippen molar-refractivity contribution in [3.63, 3.8) is 0 Å². The molecule has 1 heterocycles. The Morgan fingerprint density at radius 1 is 1.05 bits per heavy atom. The smallest absolute Gasteiger partial charge is 0.219 e. The van der Waals surface area contributed by atoms with E-state index in [0.29, 0.717) is 5.69 Å². The molecule has 0 aliphatic carbocycles. The molecule has 1 aromatic heterocycles. The lowest BCUT2D eigenvalue weighted by Crippen LogP contribution is -2.04. The Bertz CT molecular complexity index is 797. The number of aromatic nitrogens is 3. The van der Waals surface area contributed by atoms with E-state index in [1.165, 1.54) is 6.07 Å². The Morgan fingerprint density at radius 2 is 1.76 bits per heavy atom. The number of halogens is 1. The molecule has 3 aromatic rings. The number of para-hydroxylation sites is 1. The van der Waals surface area contributed by atoms with Gasteiger partial charge in [-0.25, -0.2) is 0 Å². The zero-order valence-electron chi connectivity index (χ0n) is 10.7. The molecule has 0 saturated carbocycles. The molecule has 2 aromatic carbocycles. The van der Waals surface area contributed by atoms with Gasteiger partial charge >= 0.3 is 0 Å². The van der Waals surface area contributed by atoms with E-state index in [9.17, 15) is 9.90 Å². The molecule has 2 N–H and O–H groups in total. The summed E-state index contributed by atoms with van der Waals surface area (Å²) in [5.41, 5.74) is 1.67. The van der Waals surface area contributed by atoms with E-state index in [1.807, 2.05) is 24.3 Å². The van der Waals surface area contributed by atoms with Crippen LogP contribution in [0.15, 0.2) is 48.5 Å². The van der Waals surface area contributed by atoms with Gasteiger partial charge in [-0.3, -0.25) is 4.79 Å². The van der Waals surface area contributed by atoms with Gasteiger partial charge in [0, 0.05) is 9.13 Å². The van der Waals surface area contributed by atoms with Crippen molar-refractivity contribution in [1.82, 2.24) is 15.4 Å². The number of aromatic hydroxyl groups is 1. The minimum absolute atomic E-state index is 0.0703. The third kappa shape index (κ3) is 2.66. The first kappa shape index (κ1) is 13.7. The minimum Gasteiger partial charge on any atom is -0.507 e. The van der Waals surface area contributed by atoms with Crippen LogP contribution in [-0.2, 0) is 0 Å². The zero-order valence-corrected chi connectivity index (χ0v) is 12.9. The van der Waals surface area contributed by atoms with Gasteiger partial charge in [0.15, 0.2) is 5.69 Å². The highest BCUT2D eigenvalue weighted by Gasteiger charge is 2.21. The third-order valence-electron chi connectivity index (χ3n) is 3.03. The molecule has 0 saturated heterocycles. The second-order valence-corrected chi connectivity index (χ2v) is 5.62. The number of ketones is 1. The molecule has 0 spiro atoms. The summed E-state index contributed by atoms with van der Waals surface area (Å²) in [5.74, 6) is -0.436. The van der Waals surface area contributed by atoms with Gasteiger partial charge in [-0.05, 0) is 46.9 Å². The highest BCUT2D eigenvalue weighted by Crippen LogP contribution is 2.25. The van der Waals surface area contributed by atoms with Crippen LogP contribution in [-0.4, -0.2) is 26.3 Å². The lowest BCUT2D eigenvalue weighted by Gasteiger charge is -2.03. The molecule has 0 atom stereocenters. The van der Waals surface area contributed by atoms with Gasteiger partial charge in [0.1, 0.15) is 11.4 Å². The molecule has 0 unspecified atom stereocenters. The molecule has 104 valence electrons. The van der Waals surface area contributed by atoms with Crippen molar-refractivity contribution < 1.29 is 9.90 Å². The van der Waals surface area contributed by atoms with Crippen molar-refractivity contribution in [1.29, 1.82) is 0 Å². The van der Waals surface area contributed by atoms with E-state index >= 15 is 0 Å². The van der Waals surface area contributed by atoms with Crippen LogP contribution in [0, 0.1) is 3.57 Å². The monoisotopic (exact) mass is 391 g/mol. The number of H-pyrrole nitrogens is 1. The Morgan fingerprint density at radius 3 is 2.48 bits per heavy atom. The Labute approximate surface area is 134 Å². The van der Waals surface area contributed by atoms with Crippen molar-refractivity contribution >= 4 is 28.4 Å². The number of carbonyl (C=O) groups excluding carboxylic acids is 1. The van der Waals surface area contributed by atoms with Crippen LogP contribution in [0.4, 0.5) is 0 Å². The van der Waals surface area contributed by atoms with Crippen molar-refractivity contribution in [2.75, 3.05) is 0 Å². The Hall–Kier alpha value is -2.22. The number of nitrogens with one attached hydrogen (secondary N) is 1. The summed E-state index contributed by atoms with van der Waals surface area (Å²) in [4.78, 5) is 12.5. The van der Waals surface area contributed by atoms with Crippen molar-refractivity contribution in [2.45, 2.75) is 0 Å². The number of hydrogen-bond donors (Lipinski definition) is 2. The van der Waals surface area contributed by atoms with E-state index in [0.717, 1.165) is 9.13 Å². The fraction of sp³-hybridized carbons (Fsp3) is 0. The Kier molecular flexibility index (Phi) is 3.70. The fourth-order valence-electron chi connectivity index (χ4n) is 1.99. The summed E-state index contributed by atoms with van der Waals surface area (Å²) in [6.45, 7) is 0. The van der Waals surface area contributed by atoms with Gasteiger partial charge in [-0.15, -0.1) is 0 Å². The van der Waals surface area contributed by atoms with E-state index < -0.39 is 0 Å². The first-order valence-corrected chi connectivity index (χ1v) is 7.24. The van der Waals surface area contributed by atoms with Crippen LogP contribution in [0.1, 0.15) is 16.1 Å². The minimum atomic E-state index is -0.365. The first-order chi connectivity index (χ1) is 10.2. The van der Waals surface area contributed by atoms with Crippen molar-refractivity contribution in [3.05, 3.63) is 63.4 Å². The molecule has 6 heteroatoms. The maximum absolute atomic E-state index is 12.5. The van der Waals surface area contributed by atoms with Crippen LogP contribution in [0.5, 0.6) is 5.75 Å². The highest BCUT2D eigenvalue weighted by atomic mass is 127. The van der Waals surface area contributed by atoms with E-state index in [1.54, 1.807) is 18.2 Å². The van der Waals surface area contributed by atoms with Crippen LogP contribution < -0.4 is 0 Å². The maximum Gasteiger partial charge on any atom is 0.219 e. The Balaban J connectivity index is 2.05. The number of phenols is 1. The predicted octanol–water partition coefficient (Wildman–Crippen LogP) is 3.01. The summed E-state index contributed by atoms with van der Waals surface area (Å²) in [7, 11) is 0. The average Bonchev–Trinajstić information content (AvgIpc) is 2.97. The summed E-state index contributed by atoms with van der Waals surface area (Å²) < 4.78 is 1.09. The third-order valence-corrected chi connectivity index (χ3v) is 3.75. The van der Waals surface area contributed by atoms with Gasteiger partial charge in [0.05, 0.1) is 5.56 Å². The topological polar surface area (TPSA) is 78.9 Å². The molecule has 5 nitrogen and oxygen atoms in total. The fourth-order valence-corrected chi connectivity index (χ4v) is 2.35. The lowest BCUT2D eigenvalue weighted by molar-refractivity contribution is 0.103. The maximum atomic E-state index is 12.5. The van der Waals surface area contributed by atoms with Gasteiger partial charge in [-0.2, -0.15) is 15.4 Å². The van der Waals surface area contributed by atoms with Crippen LogP contribution >= 0.6 is 22.6 Å². The van der Waals surface area contributed by atoms with E-state index in [-0.39, 0.29) is 22.8 Å². The largest absolute Gasteiger partial charge is 0.507 e. The van der Waals surface area contributed by atoms with Gasteiger partial charge < -0.3 is 5.11 Å². The normalized spacial score (nSPS) is 10.5. The second-order valence-electron chi connectivity index (χ2n) is 4.37. The lowest BCUT2D eigenvalue weighted by atomic mass is 10.0. The molecular formula is C15H10IN3O2. The molecule has 0 aliphatic heterocycles. The van der Waals surface area contributed by atoms with Gasteiger partial charge in [0.25, 0.3) is 0 Å². The van der Waals surface area contributed by atoms with Crippen LogP contribution in [0.25, 0.3) is 11.3 Å². The quantitative estimate of drug-likeness (QED) is 0.532. The molecule has 21 heavy (non-hydrogen) atoms. The number of carbonyl (C=O) groups is 1. The molecular weight excluding hydrogens is 381 g/mol. The molecule has 0 fully saturated rings. The van der Waals surface area contributed by atoms with Crippen molar-refractivity contribution in [2.24, 2.45) is 0 Å². The number of rotatable bonds is 3. The number of nitrogens with zero attached hydrogens (tertiary/aromatic N) is 2. The molecule has 0 aliphatic rings. The SMILES string of the molecule is O=C(c1ccccc1O)c1n[nH]nc1-c1ccc(I)cc1. The number of hydrogen-bond acceptors (Lipinski definition) is 4.